The first-order chi connectivity index (χ1) is 21.9. The summed E-state index contributed by atoms with van der Waals surface area (Å²) in [6.07, 6.45) is 7.19. The Hall–Kier alpha value is -4.40. The van der Waals surface area contributed by atoms with Crippen LogP contribution < -0.4 is 20.7 Å². The Kier molecular flexibility index (Phi) is 13.2. The van der Waals surface area contributed by atoms with Gasteiger partial charge in [-0.3, -0.25) is 14.6 Å². The van der Waals surface area contributed by atoms with Gasteiger partial charge in [-0.25, -0.2) is 4.79 Å². The number of carbonyl (C=O) groups excluding carboxylic acids is 3. The first kappa shape index (κ1) is 33.5. The monoisotopic (exact) mass is 613 g/mol. The number of amides is 4. The van der Waals surface area contributed by atoms with Crippen molar-refractivity contribution in [2.24, 2.45) is 5.92 Å². The third-order valence-corrected chi connectivity index (χ3v) is 7.87. The first-order valence-electron chi connectivity index (χ1n) is 16.2. The topological polar surface area (TPSA) is 113 Å². The van der Waals surface area contributed by atoms with Gasteiger partial charge in [0.15, 0.2) is 0 Å². The van der Waals surface area contributed by atoms with E-state index >= 15 is 0 Å². The minimum absolute atomic E-state index is 0.166. The second-order valence-corrected chi connectivity index (χ2v) is 12.1. The number of pyridine rings is 1. The van der Waals surface area contributed by atoms with Crippen LogP contribution in [-0.4, -0.2) is 59.4 Å². The highest BCUT2D eigenvalue weighted by atomic mass is 16.5. The summed E-state index contributed by atoms with van der Waals surface area (Å²) in [6.45, 7) is 6.25. The number of nitrogens with zero attached hydrogens (tertiary/aromatic N) is 2. The maximum Gasteiger partial charge on any atom is 0.318 e. The zero-order chi connectivity index (χ0) is 31.9. The molecular weight excluding hydrogens is 566 g/mol. The van der Waals surface area contributed by atoms with Crippen LogP contribution in [0.15, 0.2) is 79.0 Å². The largest absolute Gasteiger partial charge is 0.489 e. The van der Waals surface area contributed by atoms with Crippen molar-refractivity contribution in [3.05, 3.63) is 95.8 Å². The fourth-order valence-electron chi connectivity index (χ4n) is 5.38. The van der Waals surface area contributed by atoms with Crippen LogP contribution in [0.5, 0.6) is 5.75 Å². The van der Waals surface area contributed by atoms with Crippen LogP contribution in [0.3, 0.4) is 0 Å². The van der Waals surface area contributed by atoms with E-state index in [2.05, 4.69) is 20.9 Å². The third kappa shape index (κ3) is 11.6. The van der Waals surface area contributed by atoms with E-state index in [4.69, 9.17) is 4.74 Å². The molecule has 1 fully saturated rings. The molecule has 1 aliphatic heterocycles. The third-order valence-electron chi connectivity index (χ3n) is 7.87. The lowest BCUT2D eigenvalue weighted by Crippen LogP contribution is -2.56. The van der Waals surface area contributed by atoms with Crippen molar-refractivity contribution in [2.45, 2.75) is 77.5 Å². The molecule has 9 heteroatoms. The predicted octanol–water partition coefficient (Wildman–Crippen LogP) is 5.05. The zero-order valence-electron chi connectivity index (χ0n) is 26.5. The highest BCUT2D eigenvalue weighted by molar-refractivity contribution is 5.92. The molecule has 4 rings (SSSR count). The molecule has 0 aliphatic carbocycles. The second kappa shape index (κ2) is 17.8. The Labute approximate surface area is 267 Å². The summed E-state index contributed by atoms with van der Waals surface area (Å²) in [5, 5.41) is 8.91. The average molecular weight is 614 g/mol. The van der Waals surface area contributed by atoms with E-state index in [9.17, 15) is 14.4 Å². The molecule has 3 aromatic rings. The van der Waals surface area contributed by atoms with Crippen LogP contribution in [0.2, 0.25) is 0 Å². The van der Waals surface area contributed by atoms with Crippen molar-refractivity contribution < 1.29 is 19.1 Å². The summed E-state index contributed by atoms with van der Waals surface area (Å²) in [7, 11) is 0. The number of hydrogen-bond acceptors (Lipinski definition) is 5. The minimum Gasteiger partial charge on any atom is -0.489 e. The Morgan fingerprint density at radius 1 is 0.800 bits per heavy atom. The first-order valence-corrected chi connectivity index (χ1v) is 16.2. The van der Waals surface area contributed by atoms with Gasteiger partial charge in [0.05, 0.1) is 0 Å². The molecule has 0 radical (unpaired) electrons. The van der Waals surface area contributed by atoms with Crippen molar-refractivity contribution in [3.8, 4) is 5.75 Å². The van der Waals surface area contributed by atoms with Crippen molar-refractivity contribution in [1.82, 2.24) is 25.8 Å². The van der Waals surface area contributed by atoms with Crippen LogP contribution >= 0.6 is 0 Å². The van der Waals surface area contributed by atoms with E-state index in [0.29, 0.717) is 39.1 Å². The van der Waals surface area contributed by atoms with Gasteiger partial charge in [-0.1, -0.05) is 75.2 Å². The van der Waals surface area contributed by atoms with Gasteiger partial charge >= 0.3 is 6.03 Å². The molecule has 0 unspecified atom stereocenters. The number of benzene rings is 2. The minimum atomic E-state index is -0.831. The Balaban J connectivity index is 1.43. The van der Waals surface area contributed by atoms with Gasteiger partial charge in [-0.05, 0) is 60.6 Å². The molecule has 4 amide bonds. The number of hydrogen-bond donors (Lipinski definition) is 3. The summed E-state index contributed by atoms with van der Waals surface area (Å²) in [6, 6.07) is 21.4. The lowest BCUT2D eigenvalue weighted by Gasteiger charge is -2.27. The van der Waals surface area contributed by atoms with Crippen LogP contribution in [0, 0.1) is 5.92 Å². The molecule has 2 aromatic carbocycles. The summed E-state index contributed by atoms with van der Waals surface area (Å²) < 4.78 is 5.92. The fraction of sp³-hybridized carbons (Fsp3) is 0.444. The molecule has 45 heavy (non-hydrogen) atoms. The van der Waals surface area contributed by atoms with Gasteiger partial charge in [0.1, 0.15) is 24.4 Å². The molecule has 1 aliphatic rings. The summed E-state index contributed by atoms with van der Waals surface area (Å²) in [5.41, 5.74) is 2.82. The molecule has 1 aromatic heterocycles. The van der Waals surface area contributed by atoms with Gasteiger partial charge in [0, 0.05) is 44.4 Å². The van der Waals surface area contributed by atoms with Crippen molar-refractivity contribution in [3.63, 3.8) is 0 Å². The van der Waals surface area contributed by atoms with Crippen LogP contribution in [-0.2, 0) is 29.0 Å². The second-order valence-electron chi connectivity index (χ2n) is 12.1. The number of nitrogens with one attached hydrogen (secondary N) is 3. The molecule has 9 nitrogen and oxygen atoms in total. The smallest absolute Gasteiger partial charge is 0.318 e. The summed E-state index contributed by atoms with van der Waals surface area (Å²) in [5.74, 6) is 0.237. The van der Waals surface area contributed by atoms with Crippen molar-refractivity contribution in [1.29, 1.82) is 0 Å². The highest BCUT2D eigenvalue weighted by Gasteiger charge is 2.29. The van der Waals surface area contributed by atoms with E-state index < -0.39 is 12.1 Å². The fourth-order valence-corrected chi connectivity index (χ4v) is 5.38. The molecule has 0 bridgehead atoms. The molecule has 3 N–H and O–H groups in total. The number of rotatable bonds is 14. The lowest BCUT2D eigenvalue weighted by atomic mass is 10.0. The summed E-state index contributed by atoms with van der Waals surface area (Å²) in [4.78, 5) is 46.4. The van der Waals surface area contributed by atoms with E-state index in [-0.39, 0.29) is 30.2 Å². The molecule has 2 atom stereocenters. The van der Waals surface area contributed by atoms with Gasteiger partial charge in [-0.2, -0.15) is 0 Å². The van der Waals surface area contributed by atoms with Crippen LogP contribution in [0.25, 0.3) is 0 Å². The Morgan fingerprint density at radius 3 is 2.18 bits per heavy atom. The number of ether oxygens (including phenoxy) is 1. The van der Waals surface area contributed by atoms with E-state index in [0.717, 1.165) is 48.3 Å². The van der Waals surface area contributed by atoms with Crippen molar-refractivity contribution in [2.75, 3.05) is 19.6 Å². The van der Waals surface area contributed by atoms with Gasteiger partial charge in [0.2, 0.25) is 11.8 Å². The Morgan fingerprint density at radius 2 is 1.51 bits per heavy atom. The molecule has 0 saturated carbocycles. The van der Waals surface area contributed by atoms with Gasteiger partial charge < -0.3 is 25.6 Å². The number of aromatic nitrogens is 1. The van der Waals surface area contributed by atoms with E-state index in [1.165, 1.54) is 0 Å². The summed E-state index contributed by atoms with van der Waals surface area (Å²) >= 11 is 0. The average Bonchev–Trinajstić information content (AvgIpc) is 3.34. The molecule has 0 spiro atoms. The highest BCUT2D eigenvalue weighted by Crippen LogP contribution is 2.16. The SMILES string of the molecule is CC(C)C[C@H](NC(=O)N1CCCCCC1)C(=O)N[C@@H](Cc1ccc(OCc2ccccc2)cc1)C(=O)NCCc1ccccn1. The van der Waals surface area contributed by atoms with Gasteiger partial charge in [0.25, 0.3) is 0 Å². The molecule has 240 valence electrons. The number of carbonyl (C=O) groups is 3. The van der Waals surface area contributed by atoms with Crippen molar-refractivity contribution >= 4 is 17.8 Å². The molecular formula is C36H47N5O4. The maximum absolute atomic E-state index is 13.7. The maximum atomic E-state index is 13.7. The van der Waals surface area contributed by atoms with E-state index in [1.807, 2.05) is 86.6 Å². The Bertz CT molecular complexity index is 1330. The predicted molar refractivity (Wildman–Crippen MR) is 176 cm³/mol. The van der Waals surface area contributed by atoms with E-state index in [1.54, 1.807) is 11.1 Å². The van der Waals surface area contributed by atoms with Crippen LogP contribution in [0.1, 0.15) is 62.8 Å². The molecule has 1 saturated heterocycles. The number of likely N-dealkylation sites (tertiary alicyclic amines) is 1. The number of urea groups is 1. The standard InChI is InChI=1S/C36H47N5O4/c1-27(2)24-32(40-36(44)41-22-10-3-4-11-23-41)35(43)39-33(34(42)38-21-19-30-14-8-9-20-37-30)25-28-15-17-31(18-16-28)45-26-29-12-6-5-7-13-29/h5-9,12-18,20,27,32-33H,3-4,10-11,19,21-26H2,1-2H3,(H,38,42)(H,39,43)(H,40,44)/t32-,33-/m0/s1. The van der Waals surface area contributed by atoms with Gasteiger partial charge in [-0.15, -0.1) is 0 Å². The van der Waals surface area contributed by atoms with Crippen LogP contribution in [0.4, 0.5) is 4.79 Å². The molecule has 2 heterocycles. The zero-order valence-corrected chi connectivity index (χ0v) is 26.5. The normalized spacial score (nSPS) is 14.6. The quantitative estimate of drug-likeness (QED) is 0.236. The lowest BCUT2D eigenvalue weighted by molar-refractivity contribution is -0.130.